The Labute approximate surface area is 106 Å². The molecule has 0 bridgehead atoms. The maximum absolute atomic E-state index is 10.1. The van der Waals surface area contributed by atoms with Crippen molar-refractivity contribution in [3.05, 3.63) is 29.8 Å². The number of carboxylic acid groups (broad SMARTS) is 1. The molecule has 0 fully saturated rings. The van der Waals surface area contributed by atoms with E-state index in [4.69, 9.17) is 0 Å². The number of nitrogens with one attached hydrogen (secondary N) is 1. The van der Waals surface area contributed by atoms with Crippen molar-refractivity contribution < 1.29 is 39.5 Å². The molecule has 0 unspecified atom stereocenters. The molecule has 0 aliphatic heterocycles. The molecule has 0 spiro atoms. The van der Waals surface area contributed by atoms with Crippen LogP contribution in [0.25, 0.3) is 0 Å². The molecule has 0 amide bonds. The molecule has 0 heterocycles. The average Bonchev–Trinajstić information content (AvgIpc) is 2.03. The smallest absolute Gasteiger partial charge is 0.550 e. The van der Waals surface area contributed by atoms with E-state index in [9.17, 15) is 9.90 Å². The molecule has 1 rings (SSSR count). The van der Waals surface area contributed by atoms with Crippen LogP contribution in [-0.2, 0) is 4.79 Å². The first-order valence-corrected chi connectivity index (χ1v) is 4.19. The summed E-state index contributed by atoms with van der Waals surface area (Å²) in [5, 5.41) is 13.1. The fraction of sp³-hybridized carbons (Fsp3) is 0.300. The van der Waals surface area contributed by atoms with Gasteiger partial charge < -0.3 is 15.2 Å². The molecule has 1 aromatic rings. The molecule has 0 atom stereocenters. The third-order valence-corrected chi connectivity index (χ3v) is 1.68. The van der Waals surface area contributed by atoms with Gasteiger partial charge in [-0.15, -0.1) is 0 Å². The van der Waals surface area contributed by atoms with E-state index in [1.807, 2.05) is 31.2 Å². The zero-order chi connectivity index (χ0) is 9.68. The maximum atomic E-state index is 10.1. The number of anilines is 1. The van der Waals surface area contributed by atoms with Gasteiger partial charge in [0.1, 0.15) is 0 Å². The third kappa shape index (κ3) is 5.27. The number of hydrogen-bond donors (Lipinski definition) is 1. The van der Waals surface area contributed by atoms with E-state index in [0.717, 1.165) is 11.3 Å². The second-order valence-corrected chi connectivity index (χ2v) is 2.92. The van der Waals surface area contributed by atoms with Gasteiger partial charge in [-0.3, -0.25) is 0 Å². The van der Waals surface area contributed by atoms with Crippen LogP contribution in [0.4, 0.5) is 5.69 Å². The predicted molar refractivity (Wildman–Crippen MR) is 49.3 cm³/mol. The Balaban J connectivity index is 0.00000169. The molecule has 70 valence electrons. The number of carboxylic acids is 1. The van der Waals surface area contributed by atoms with Crippen LogP contribution in [0.3, 0.4) is 0 Å². The van der Waals surface area contributed by atoms with Crippen LogP contribution >= 0.6 is 0 Å². The average molecular weight is 201 g/mol. The van der Waals surface area contributed by atoms with Crippen LogP contribution in [0.5, 0.6) is 0 Å². The second-order valence-electron chi connectivity index (χ2n) is 2.92. The summed E-state index contributed by atoms with van der Waals surface area (Å²) in [6.07, 6.45) is 0.0357. The molecule has 3 nitrogen and oxygen atoms in total. The Morgan fingerprint density at radius 2 is 2.21 bits per heavy atom. The molecule has 4 heteroatoms. The summed E-state index contributed by atoms with van der Waals surface area (Å²) in [5.74, 6) is -1.03. The normalized spacial score (nSPS) is 8.93. The van der Waals surface area contributed by atoms with Gasteiger partial charge in [-0.2, -0.15) is 0 Å². The Morgan fingerprint density at radius 1 is 1.50 bits per heavy atom. The molecule has 0 aromatic heterocycles. The van der Waals surface area contributed by atoms with Crippen LogP contribution < -0.4 is 40.0 Å². The monoisotopic (exact) mass is 201 g/mol. The molecule has 0 saturated heterocycles. The summed E-state index contributed by atoms with van der Waals surface area (Å²) >= 11 is 0. The third-order valence-electron chi connectivity index (χ3n) is 1.68. The van der Waals surface area contributed by atoms with Gasteiger partial charge in [-0.1, -0.05) is 12.1 Å². The van der Waals surface area contributed by atoms with Crippen molar-refractivity contribution >= 4 is 11.7 Å². The minimum Gasteiger partial charge on any atom is -0.550 e. The first kappa shape index (κ1) is 13.5. The quantitative estimate of drug-likeness (QED) is 0.550. The van der Waals surface area contributed by atoms with Crippen LogP contribution in [0.1, 0.15) is 12.0 Å². The Bertz CT molecular complexity index is 302. The summed E-state index contributed by atoms with van der Waals surface area (Å²) in [6.45, 7) is 2.40. The van der Waals surface area contributed by atoms with Crippen molar-refractivity contribution in [2.75, 3.05) is 11.9 Å². The van der Waals surface area contributed by atoms with Gasteiger partial charge in [0.05, 0.1) is 0 Å². The Hall–Kier alpha value is -0.510. The Kier molecular flexibility index (Phi) is 6.62. The molecule has 1 aromatic carbocycles. The number of aliphatic carboxylic acids is 1. The van der Waals surface area contributed by atoms with Gasteiger partial charge in [0.25, 0.3) is 0 Å². The summed E-state index contributed by atoms with van der Waals surface area (Å²) in [7, 11) is 0. The molecular formula is C10H12NNaO2. The molecular weight excluding hydrogens is 189 g/mol. The zero-order valence-corrected chi connectivity index (χ0v) is 10.5. The van der Waals surface area contributed by atoms with Crippen LogP contribution in [-0.4, -0.2) is 12.5 Å². The zero-order valence-electron chi connectivity index (χ0n) is 8.54. The van der Waals surface area contributed by atoms with Gasteiger partial charge in [-0.05, 0) is 24.6 Å². The van der Waals surface area contributed by atoms with Gasteiger partial charge >= 0.3 is 29.6 Å². The molecule has 0 aliphatic carbocycles. The number of carbonyl (C=O) groups is 1. The van der Waals surface area contributed by atoms with Crippen molar-refractivity contribution in [3.8, 4) is 0 Å². The summed E-state index contributed by atoms with van der Waals surface area (Å²) in [6, 6.07) is 7.79. The fourth-order valence-electron chi connectivity index (χ4n) is 1.06. The number of rotatable bonds is 4. The summed E-state index contributed by atoms with van der Waals surface area (Å²) in [5.41, 5.74) is 2.10. The topological polar surface area (TPSA) is 52.2 Å². The minimum absolute atomic E-state index is 0. The van der Waals surface area contributed by atoms with E-state index < -0.39 is 5.97 Å². The molecule has 0 radical (unpaired) electrons. The standard InChI is InChI=1S/C10H13NO2.Na/c1-8-3-2-4-9(7-8)11-6-5-10(12)13;/h2-4,7,11H,5-6H2,1H3,(H,12,13);/q;+1/p-1. The largest absolute Gasteiger partial charge is 1.00 e. The van der Waals surface area contributed by atoms with E-state index in [0.29, 0.717) is 6.54 Å². The van der Waals surface area contributed by atoms with Crippen molar-refractivity contribution in [1.29, 1.82) is 0 Å². The number of carbonyl (C=O) groups excluding carboxylic acids is 1. The SMILES string of the molecule is Cc1cccc(NCCC(=O)[O-])c1.[Na+]. The molecule has 0 saturated carbocycles. The van der Waals surface area contributed by atoms with Crippen molar-refractivity contribution in [3.63, 3.8) is 0 Å². The van der Waals surface area contributed by atoms with Gasteiger partial charge in [0, 0.05) is 24.6 Å². The predicted octanol–water partition coefficient (Wildman–Crippen LogP) is -2.45. The van der Waals surface area contributed by atoms with Crippen LogP contribution in [0, 0.1) is 6.92 Å². The van der Waals surface area contributed by atoms with Crippen LogP contribution in [0.15, 0.2) is 24.3 Å². The van der Waals surface area contributed by atoms with E-state index in [1.165, 1.54) is 0 Å². The van der Waals surface area contributed by atoms with Gasteiger partial charge in [0.15, 0.2) is 0 Å². The van der Waals surface area contributed by atoms with E-state index in [-0.39, 0.29) is 36.0 Å². The number of aryl methyl sites for hydroxylation is 1. The maximum Gasteiger partial charge on any atom is 1.00 e. The summed E-state index contributed by atoms with van der Waals surface area (Å²) in [4.78, 5) is 10.1. The molecule has 1 N–H and O–H groups in total. The first-order valence-electron chi connectivity index (χ1n) is 4.19. The Morgan fingerprint density at radius 3 is 2.79 bits per heavy atom. The van der Waals surface area contributed by atoms with Gasteiger partial charge in [0.2, 0.25) is 0 Å². The van der Waals surface area contributed by atoms with E-state index in [2.05, 4.69) is 5.32 Å². The second kappa shape index (κ2) is 6.87. The fourth-order valence-corrected chi connectivity index (χ4v) is 1.06. The minimum atomic E-state index is -1.03. The molecule has 14 heavy (non-hydrogen) atoms. The first-order chi connectivity index (χ1) is 6.18. The summed E-state index contributed by atoms with van der Waals surface area (Å²) < 4.78 is 0. The van der Waals surface area contributed by atoms with E-state index in [1.54, 1.807) is 0 Å². The van der Waals surface area contributed by atoms with E-state index >= 15 is 0 Å². The van der Waals surface area contributed by atoms with Crippen molar-refractivity contribution in [2.45, 2.75) is 13.3 Å². The van der Waals surface area contributed by atoms with Crippen LogP contribution in [0.2, 0.25) is 0 Å². The number of hydrogen-bond acceptors (Lipinski definition) is 3. The number of benzene rings is 1. The van der Waals surface area contributed by atoms with Gasteiger partial charge in [-0.25, -0.2) is 0 Å². The van der Waals surface area contributed by atoms with Crippen molar-refractivity contribution in [1.82, 2.24) is 0 Å². The van der Waals surface area contributed by atoms with Crippen molar-refractivity contribution in [2.24, 2.45) is 0 Å². The molecule has 0 aliphatic rings.